The van der Waals surface area contributed by atoms with Crippen LogP contribution in [0.1, 0.15) is 18.4 Å². The number of anilines is 1. The SMILES string of the molecule is CN(CC1CCCOC1)c1ccc(CBr)c(Cl)c1. The molecule has 1 fully saturated rings. The number of rotatable bonds is 4. The van der Waals surface area contributed by atoms with Crippen molar-refractivity contribution in [3.05, 3.63) is 28.8 Å². The predicted molar refractivity (Wildman–Crippen MR) is 80.9 cm³/mol. The highest BCUT2D eigenvalue weighted by Gasteiger charge is 2.16. The number of ether oxygens (including phenoxy) is 1. The molecule has 0 bridgehead atoms. The van der Waals surface area contributed by atoms with E-state index in [9.17, 15) is 0 Å². The molecule has 0 spiro atoms. The largest absolute Gasteiger partial charge is 0.381 e. The van der Waals surface area contributed by atoms with Crippen molar-refractivity contribution in [3.8, 4) is 0 Å². The van der Waals surface area contributed by atoms with Crippen molar-refractivity contribution >= 4 is 33.2 Å². The maximum absolute atomic E-state index is 6.23. The van der Waals surface area contributed by atoms with Crippen LogP contribution < -0.4 is 4.90 Å². The fraction of sp³-hybridized carbons (Fsp3) is 0.571. The van der Waals surface area contributed by atoms with E-state index in [-0.39, 0.29) is 0 Å². The van der Waals surface area contributed by atoms with E-state index >= 15 is 0 Å². The average Bonchev–Trinajstić information content (AvgIpc) is 2.39. The number of alkyl halides is 1. The van der Waals surface area contributed by atoms with Crippen molar-refractivity contribution in [2.75, 3.05) is 31.7 Å². The molecule has 18 heavy (non-hydrogen) atoms. The van der Waals surface area contributed by atoms with E-state index in [2.05, 4.69) is 40.0 Å². The van der Waals surface area contributed by atoms with Crippen LogP contribution in [0.15, 0.2) is 18.2 Å². The van der Waals surface area contributed by atoms with Gasteiger partial charge in [0.15, 0.2) is 0 Å². The first-order valence-electron chi connectivity index (χ1n) is 6.34. The molecule has 0 amide bonds. The van der Waals surface area contributed by atoms with Crippen LogP contribution in [0.5, 0.6) is 0 Å². The van der Waals surface area contributed by atoms with Crippen LogP contribution >= 0.6 is 27.5 Å². The van der Waals surface area contributed by atoms with Crippen LogP contribution in [-0.4, -0.2) is 26.8 Å². The van der Waals surface area contributed by atoms with Gasteiger partial charge in [0.1, 0.15) is 0 Å². The molecule has 0 radical (unpaired) electrons. The second-order valence-electron chi connectivity index (χ2n) is 4.87. The van der Waals surface area contributed by atoms with E-state index in [1.807, 2.05) is 6.07 Å². The second-order valence-corrected chi connectivity index (χ2v) is 5.84. The molecule has 0 aromatic heterocycles. The lowest BCUT2D eigenvalue weighted by Crippen LogP contribution is -2.30. The van der Waals surface area contributed by atoms with E-state index in [1.165, 1.54) is 18.5 Å². The first kappa shape index (κ1) is 14.2. The normalized spacial score (nSPS) is 19.8. The van der Waals surface area contributed by atoms with Crippen molar-refractivity contribution in [3.63, 3.8) is 0 Å². The summed E-state index contributed by atoms with van der Waals surface area (Å²) in [7, 11) is 2.12. The molecule has 0 aliphatic carbocycles. The molecule has 1 aliphatic heterocycles. The lowest BCUT2D eigenvalue weighted by Gasteiger charge is -2.28. The maximum Gasteiger partial charge on any atom is 0.0511 e. The molecule has 100 valence electrons. The van der Waals surface area contributed by atoms with Gasteiger partial charge in [0, 0.05) is 36.2 Å². The van der Waals surface area contributed by atoms with Crippen LogP contribution in [0.2, 0.25) is 5.02 Å². The molecule has 1 unspecified atom stereocenters. The summed E-state index contributed by atoms with van der Waals surface area (Å²) in [5, 5.41) is 1.63. The van der Waals surface area contributed by atoms with Gasteiger partial charge in [-0.25, -0.2) is 0 Å². The molecular weight excluding hydrogens is 314 g/mol. The van der Waals surface area contributed by atoms with Gasteiger partial charge in [-0.05, 0) is 36.5 Å². The summed E-state index contributed by atoms with van der Waals surface area (Å²) in [5.41, 5.74) is 2.31. The summed E-state index contributed by atoms with van der Waals surface area (Å²) in [6, 6.07) is 6.26. The zero-order chi connectivity index (χ0) is 13.0. The lowest BCUT2D eigenvalue weighted by atomic mass is 10.0. The predicted octanol–water partition coefficient (Wildman–Crippen LogP) is 4.10. The van der Waals surface area contributed by atoms with Gasteiger partial charge in [-0.3, -0.25) is 0 Å². The Morgan fingerprint density at radius 2 is 2.33 bits per heavy atom. The Morgan fingerprint density at radius 3 is 2.94 bits per heavy atom. The van der Waals surface area contributed by atoms with Crippen LogP contribution in [0.3, 0.4) is 0 Å². The highest BCUT2D eigenvalue weighted by Crippen LogP contribution is 2.26. The molecule has 1 aliphatic rings. The Morgan fingerprint density at radius 1 is 1.50 bits per heavy atom. The number of benzene rings is 1. The molecule has 4 heteroatoms. The Kier molecular flexibility index (Phi) is 5.34. The van der Waals surface area contributed by atoms with Gasteiger partial charge >= 0.3 is 0 Å². The van der Waals surface area contributed by atoms with Gasteiger partial charge in [0.2, 0.25) is 0 Å². The molecule has 1 heterocycles. The molecule has 1 atom stereocenters. The standard InChI is InChI=1S/C14H19BrClNO/c1-17(9-11-3-2-6-18-10-11)13-5-4-12(8-15)14(16)7-13/h4-5,7,11H,2-3,6,8-10H2,1H3. The lowest BCUT2D eigenvalue weighted by molar-refractivity contribution is 0.0576. The van der Waals surface area contributed by atoms with Gasteiger partial charge in [-0.1, -0.05) is 33.6 Å². The molecule has 2 nitrogen and oxygen atoms in total. The molecule has 0 saturated carbocycles. The van der Waals surface area contributed by atoms with E-state index < -0.39 is 0 Å². The van der Waals surface area contributed by atoms with Crippen molar-refractivity contribution < 1.29 is 4.74 Å². The topological polar surface area (TPSA) is 12.5 Å². The van der Waals surface area contributed by atoms with E-state index in [0.717, 1.165) is 35.7 Å². The molecule has 2 rings (SSSR count). The molecular formula is C14H19BrClNO. The average molecular weight is 333 g/mol. The number of halogens is 2. The van der Waals surface area contributed by atoms with Crippen molar-refractivity contribution in [1.29, 1.82) is 0 Å². The minimum absolute atomic E-state index is 0.637. The van der Waals surface area contributed by atoms with Crippen LogP contribution in [0.25, 0.3) is 0 Å². The van der Waals surface area contributed by atoms with Gasteiger partial charge in [-0.15, -0.1) is 0 Å². The van der Waals surface area contributed by atoms with Crippen molar-refractivity contribution in [2.24, 2.45) is 5.92 Å². The van der Waals surface area contributed by atoms with Crippen LogP contribution in [-0.2, 0) is 10.1 Å². The third-order valence-electron chi connectivity index (χ3n) is 3.41. The Bertz CT molecular complexity index is 393. The zero-order valence-electron chi connectivity index (χ0n) is 10.7. The fourth-order valence-electron chi connectivity index (χ4n) is 2.33. The third kappa shape index (κ3) is 3.62. The van der Waals surface area contributed by atoms with Crippen LogP contribution in [0.4, 0.5) is 5.69 Å². The first-order valence-corrected chi connectivity index (χ1v) is 7.84. The Labute approximate surface area is 122 Å². The summed E-state index contributed by atoms with van der Waals surface area (Å²) in [4.78, 5) is 2.27. The molecule has 0 N–H and O–H groups in total. The monoisotopic (exact) mass is 331 g/mol. The first-order chi connectivity index (χ1) is 8.70. The Hall–Kier alpha value is -0.250. The highest BCUT2D eigenvalue weighted by molar-refractivity contribution is 9.08. The summed E-state index contributed by atoms with van der Waals surface area (Å²) in [6.45, 7) is 2.84. The van der Waals surface area contributed by atoms with Gasteiger partial charge < -0.3 is 9.64 Å². The van der Waals surface area contributed by atoms with Crippen molar-refractivity contribution in [1.82, 2.24) is 0 Å². The number of hydrogen-bond acceptors (Lipinski definition) is 2. The molecule has 1 saturated heterocycles. The highest BCUT2D eigenvalue weighted by atomic mass is 79.9. The Balaban J connectivity index is 1.99. The smallest absolute Gasteiger partial charge is 0.0511 e. The quantitative estimate of drug-likeness (QED) is 0.770. The summed E-state index contributed by atoms with van der Waals surface area (Å²) in [5.74, 6) is 0.637. The fourth-order valence-corrected chi connectivity index (χ4v) is 3.22. The van der Waals surface area contributed by atoms with Gasteiger partial charge in [0.05, 0.1) is 6.61 Å². The van der Waals surface area contributed by atoms with Gasteiger partial charge in [-0.2, -0.15) is 0 Å². The third-order valence-corrected chi connectivity index (χ3v) is 4.36. The van der Waals surface area contributed by atoms with Crippen LogP contribution in [0, 0.1) is 5.92 Å². The maximum atomic E-state index is 6.23. The minimum atomic E-state index is 0.637. The molecule has 1 aromatic rings. The van der Waals surface area contributed by atoms with E-state index in [0.29, 0.717) is 5.92 Å². The number of nitrogens with zero attached hydrogens (tertiary/aromatic N) is 1. The second kappa shape index (κ2) is 6.78. The molecule has 1 aromatic carbocycles. The number of hydrogen-bond donors (Lipinski definition) is 0. The van der Waals surface area contributed by atoms with E-state index in [1.54, 1.807) is 0 Å². The summed E-state index contributed by atoms with van der Waals surface area (Å²) < 4.78 is 5.52. The zero-order valence-corrected chi connectivity index (χ0v) is 13.0. The van der Waals surface area contributed by atoms with Gasteiger partial charge in [0.25, 0.3) is 0 Å². The van der Waals surface area contributed by atoms with Crippen molar-refractivity contribution in [2.45, 2.75) is 18.2 Å². The summed E-state index contributed by atoms with van der Waals surface area (Å²) in [6.07, 6.45) is 2.44. The van der Waals surface area contributed by atoms with E-state index in [4.69, 9.17) is 16.3 Å². The summed E-state index contributed by atoms with van der Waals surface area (Å²) >= 11 is 9.67. The minimum Gasteiger partial charge on any atom is -0.381 e.